The zero-order chi connectivity index (χ0) is 14.9. The molecule has 108 valence electrons. The van der Waals surface area contributed by atoms with Crippen molar-refractivity contribution < 1.29 is 4.39 Å². The summed E-state index contributed by atoms with van der Waals surface area (Å²) in [5.74, 6) is -0.116. The van der Waals surface area contributed by atoms with E-state index in [0.717, 1.165) is 19.7 Å². The second-order valence-electron chi connectivity index (χ2n) is 4.74. The zero-order valence-electron chi connectivity index (χ0n) is 11.6. The lowest BCUT2D eigenvalue weighted by Gasteiger charge is -2.20. The van der Waals surface area contributed by atoms with E-state index in [4.69, 9.17) is 0 Å². The van der Waals surface area contributed by atoms with Crippen LogP contribution >= 0.6 is 43.2 Å². The fourth-order valence-electron chi connectivity index (χ4n) is 2.31. The predicted molar refractivity (Wildman–Crippen MR) is 91.1 cm³/mol. The topological polar surface area (TPSA) is 12.0 Å². The summed E-state index contributed by atoms with van der Waals surface area (Å²) in [5, 5.41) is 3.48. The largest absolute Gasteiger partial charge is 0.306 e. The first-order chi connectivity index (χ1) is 9.43. The average Bonchev–Trinajstić information content (AvgIpc) is 2.71. The Morgan fingerprint density at radius 2 is 1.80 bits per heavy atom. The van der Waals surface area contributed by atoms with Gasteiger partial charge in [-0.2, -0.15) is 0 Å². The first-order valence-electron chi connectivity index (χ1n) is 6.38. The van der Waals surface area contributed by atoms with Crippen LogP contribution in [0.3, 0.4) is 0 Å². The van der Waals surface area contributed by atoms with E-state index < -0.39 is 0 Å². The number of hydrogen-bond acceptors (Lipinski definition) is 2. The summed E-state index contributed by atoms with van der Waals surface area (Å²) in [4.78, 5) is 0. The minimum atomic E-state index is -0.116. The molecule has 0 amide bonds. The van der Waals surface area contributed by atoms with Crippen molar-refractivity contribution in [2.45, 2.75) is 26.8 Å². The van der Waals surface area contributed by atoms with Gasteiger partial charge in [-0.3, -0.25) is 0 Å². The van der Waals surface area contributed by atoms with Gasteiger partial charge in [0.2, 0.25) is 0 Å². The predicted octanol–water partition coefficient (Wildman–Crippen LogP) is 5.73. The Morgan fingerprint density at radius 1 is 1.20 bits per heavy atom. The molecule has 1 aromatic carbocycles. The van der Waals surface area contributed by atoms with Gasteiger partial charge in [0, 0.05) is 0 Å². The number of thiophene rings is 1. The van der Waals surface area contributed by atoms with Gasteiger partial charge in [-0.1, -0.05) is 19.1 Å². The smallest absolute Gasteiger partial charge is 0.129 e. The number of halogens is 3. The van der Waals surface area contributed by atoms with E-state index in [0.29, 0.717) is 11.1 Å². The highest BCUT2D eigenvalue weighted by atomic mass is 79.9. The third-order valence-electron chi connectivity index (χ3n) is 3.19. The summed E-state index contributed by atoms with van der Waals surface area (Å²) < 4.78 is 16.0. The SMILES string of the molecule is CCNC(c1cc(C)c(F)c(C)c1)c1cc(Br)sc1Br. The molecular formula is C15H16Br2FNS. The van der Waals surface area contributed by atoms with E-state index in [2.05, 4.69) is 50.2 Å². The minimum absolute atomic E-state index is 0.0647. The molecule has 1 nitrogen and oxygen atoms in total. The van der Waals surface area contributed by atoms with Crippen LogP contribution in [-0.2, 0) is 0 Å². The quantitative estimate of drug-likeness (QED) is 0.665. The van der Waals surface area contributed by atoms with Crippen LogP contribution in [-0.4, -0.2) is 6.54 Å². The maximum atomic E-state index is 13.8. The molecule has 0 saturated carbocycles. The summed E-state index contributed by atoms with van der Waals surface area (Å²) in [6.45, 7) is 6.55. The molecule has 5 heteroatoms. The van der Waals surface area contributed by atoms with Crippen LogP contribution in [0.1, 0.15) is 35.2 Å². The van der Waals surface area contributed by atoms with Crippen molar-refractivity contribution in [3.05, 3.63) is 53.8 Å². The molecule has 1 atom stereocenters. The van der Waals surface area contributed by atoms with Crippen LogP contribution in [0.15, 0.2) is 25.8 Å². The number of benzene rings is 1. The Bertz CT molecular complexity index is 601. The van der Waals surface area contributed by atoms with E-state index in [-0.39, 0.29) is 11.9 Å². The highest BCUT2D eigenvalue weighted by molar-refractivity contribution is 9.12. The molecule has 0 radical (unpaired) electrons. The fraction of sp³-hybridized carbons (Fsp3) is 0.333. The summed E-state index contributed by atoms with van der Waals surface area (Å²) in [6, 6.07) is 6.02. The van der Waals surface area contributed by atoms with Gasteiger partial charge >= 0.3 is 0 Å². The first kappa shape index (κ1) is 16.1. The standard InChI is InChI=1S/C15H16Br2FNS/c1-4-19-14(11-7-12(16)20-15(11)17)10-5-8(2)13(18)9(3)6-10/h5-7,14,19H,4H2,1-3H3. The van der Waals surface area contributed by atoms with Crippen molar-refractivity contribution >= 4 is 43.2 Å². The summed E-state index contributed by atoms with van der Waals surface area (Å²) in [6.07, 6.45) is 0. The highest BCUT2D eigenvalue weighted by Gasteiger charge is 2.20. The Labute approximate surface area is 139 Å². The Balaban J connectivity index is 2.51. The van der Waals surface area contributed by atoms with Gasteiger partial charge in [-0.05, 0) is 80.6 Å². The van der Waals surface area contributed by atoms with Gasteiger partial charge in [0.25, 0.3) is 0 Å². The molecule has 1 unspecified atom stereocenters. The third-order valence-corrected chi connectivity index (χ3v) is 5.58. The lowest BCUT2D eigenvalue weighted by molar-refractivity contribution is 0.598. The maximum absolute atomic E-state index is 13.8. The molecule has 1 aromatic heterocycles. The molecule has 0 aliphatic carbocycles. The third kappa shape index (κ3) is 3.32. The number of aryl methyl sites for hydroxylation is 2. The lowest BCUT2D eigenvalue weighted by Crippen LogP contribution is -2.22. The zero-order valence-corrected chi connectivity index (χ0v) is 15.5. The van der Waals surface area contributed by atoms with E-state index in [1.54, 1.807) is 11.3 Å². The van der Waals surface area contributed by atoms with Crippen molar-refractivity contribution in [3.8, 4) is 0 Å². The van der Waals surface area contributed by atoms with Gasteiger partial charge in [0.05, 0.1) is 13.6 Å². The molecule has 0 spiro atoms. The van der Waals surface area contributed by atoms with Crippen molar-refractivity contribution in [2.75, 3.05) is 6.54 Å². The van der Waals surface area contributed by atoms with Crippen molar-refractivity contribution in [1.29, 1.82) is 0 Å². The van der Waals surface area contributed by atoms with E-state index in [9.17, 15) is 4.39 Å². The van der Waals surface area contributed by atoms with Crippen LogP contribution < -0.4 is 5.32 Å². The summed E-state index contributed by atoms with van der Waals surface area (Å²) in [7, 11) is 0. The van der Waals surface area contributed by atoms with Crippen LogP contribution in [0.4, 0.5) is 4.39 Å². The molecule has 0 aliphatic rings. The molecule has 0 fully saturated rings. The van der Waals surface area contributed by atoms with Gasteiger partial charge in [0.15, 0.2) is 0 Å². The Hall–Kier alpha value is -0.230. The monoisotopic (exact) mass is 419 g/mol. The van der Waals surface area contributed by atoms with Gasteiger partial charge in [-0.25, -0.2) is 4.39 Å². The molecule has 20 heavy (non-hydrogen) atoms. The van der Waals surface area contributed by atoms with E-state index in [1.807, 2.05) is 26.0 Å². The van der Waals surface area contributed by atoms with Crippen LogP contribution in [0.25, 0.3) is 0 Å². The minimum Gasteiger partial charge on any atom is -0.306 e. The van der Waals surface area contributed by atoms with Gasteiger partial charge in [0.1, 0.15) is 5.82 Å². The Kier molecular flexibility index (Phi) is 5.40. The molecule has 1 N–H and O–H groups in total. The number of rotatable bonds is 4. The fourth-order valence-corrected chi connectivity index (χ4v) is 5.21. The molecule has 2 aromatic rings. The molecule has 1 heterocycles. The summed E-state index contributed by atoms with van der Waals surface area (Å²) in [5.41, 5.74) is 3.64. The van der Waals surface area contributed by atoms with Gasteiger partial charge < -0.3 is 5.32 Å². The Morgan fingerprint density at radius 3 is 2.25 bits per heavy atom. The second kappa shape index (κ2) is 6.69. The maximum Gasteiger partial charge on any atom is 0.129 e. The van der Waals surface area contributed by atoms with Crippen LogP contribution in [0.5, 0.6) is 0 Å². The van der Waals surface area contributed by atoms with Crippen LogP contribution in [0.2, 0.25) is 0 Å². The normalized spacial score (nSPS) is 12.7. The van der Waals surface area contributed by atoms with Crippen LogP contribution in [0, 0.1) is 19.7 Å². The van der Waals surface area contributed by atoms with Crippen molar-refractivity contribution in [2.24, 2.45) is 0 Å². The molecule has 0 saturated heterocycles. The molecule has 0 aliphatic heterocycles. The average molecular weight is 421 g/mol. The lowest BCUT2D eigenvalue weighted by atomic mass is 9.97. The van der Waals surface area contributed by atoms with E-state index >= 15 is 0 Å². The van der Waals surface area contributed by atoms with Gasteiger partial charge in [-0.15, -0.1) is 11.3 Å². The number of nitrogens with one attached hydrogen (secondary N) is 1. The number of hydrogen-bond donors (Lipinski definition) is 1. The molecule has 2 rings (SSSR count). The van der Waals surface area contributed by atoms with E-state index in [1.165, 1.54) is 5.56 Å². The molecule has 0 bridgehead atoms. The van der Waals surface area contributed by atoms with Crippen molar-refractivity contribution in [3.63, 3.8) is 0 Å². The highest BCUT2D eigenvalue weighted by Crippen LogP contribution is 2.38. The first-order valence-corrected chi connectivity index (χ1v) is 8.79. The van der Waals surface area contributed by atoms with Crippen molar-refractivity contribution in [1.82, 2.24) is 5.32 Å². The second-order valence-corrected chi connectivity index (χ2v) is 8.49. The summed E-state index contributed by atoms with van der Waals surface area (Å²) >= 11 is 8.78. The molecular weight excluding hydrogens is 405 g/mol.